The van der Waals surface area contributed by atoms with E-state index in [-0.39, 0.29) is 0 Å². The molecular weight excluding hydrogens is 296 g/mol. The topological polar surface area (TPSA) is 35.5 Å². The minimum Gasteiger partial charge on any atom is -0.389 e. The van der Waals surface area contributed by atoms with Crippen LogP contribution >= 0.6 is 0 Å². The first-order valence-corrected chi connectivity index (χ1v) is 9.03. The summed E-state index contributed by atoms with van der Waals surface area (Å²) in [5.74, 6) is 0.359. The van der Waals surface area contributed by atoms with E-state index in [0.29, 0.717) is 5.92 Å². The molecule has 0 amide bonds. The third-order valence-corrected chi connectivity index (χ3v) is 5.67. The van der Waals surface area contributed by atoms with Crippen LogP contribution in [0.3, 0.4) is 0 Å². The van der Waals surface area contributed by atoms with Crippen molar-refractivity contribution >= 4 is 0 Å². The number of likely N-dealkylation sites (tertiary alicyclic amines) is 1. The Balaban J connectivity index is 1.46. The summed E-state index contributed by atoms with van der Waals surface area (Å²) in [6.45, 7) is 4.83. The number of rotatable bonds is 3. The van der Waals surface area contributed by atoms with Crippen LogP contribution in [0.1, 0.15) is 18.4 Å². The average Bonchev–Trinajstić information content (AvgIpc) is 2.63. The SMILES string of the molecule is OC12CCNCC1CN(Cc1cccc(-c3ccccc3)c1)CC2. The van der Waals surface area contributed by atoms with Crippen molar-refractivity contribution in [1.82, 2.24) is 10.2 Å². The molecule has 2 aliphatic heterocycles. The third kappa shape index (κ3) is 3.25. The fourth-order valence-electron chi connectivity index (χ4n) is 4.18. The fourth-order valence-corrected chi connectivity index (χ4v) is 4.18. The Morgan fingerprint density at radius 1 is 1.04 bits per heavy atom. The first kappa shape index (κ1) is 15.8. The molecule has 3 nitrogen and oxygen atoms in total. The Morgan fingerprint density at radius 3 is 2.75 bits per heavy atom. The predicted octanol–water partition coefficient (Wildman–Crippen LogP) is 2.90. The van der Waals surface area contributed by atoms with Gasteiger partial charge in [0.1, 0.15) is 0 Å². The summed E-state index contributed by atoms with van der Waals surface area (Å²) in [6.07, 6.45) is 1.80. The lowest BCUT2D eigenvalue weighted by atomic mass is 9.76. The van der Waals surface area contributed by atoms with Gasteiger partial charge >= 0.3 is 0 Å². The van der Waals surface area contributed by atoms with Crippen molar-refractivity contribution < 1.29 is 5.11 Å². The smallest absolute Gasteiger partial charge is 0.0724 e. The molecule has 2 N–H and O–H groups in total. The molecule has 0 radical (unpaired) electrons. The van der Waals surface area contributed by atoms with Crippen LogP contribution in [0.15, 0.2) is 54.6 Å². The fraction of sp³-hybridized carbons (Fsp3) is 0.429. The van der Waals surface area contributed by atoms with Gasteiger partial charge in [-0.2, -0.15) is 0 Å². The zero-order valence-corrected chi connectivity index (χ0v) is 14.1. The van der Waals surface area contributed by atoms with Crippen molar-refractivity contribution in [3.63, 3.8) is 0 Å². The van der Waals surface area contributed by atoms with Crippen LogP contribution in [-0.2, 0) is 6.54 Å². The van der Waals surface area contributed by atoms with Crippen LogP contribution in [0.4, 0.5) is 0 Å². The van der Waals surface area contributed by atoms with Crippen molar-refractivity contribution in [2.45, 2.75) is 25.0 Å². The highest BCUT2D eigenvalue weighted by Gasteiger charge is 2.42. The van der Waals surface area contributed by atoms with Gasteiger partial charge in [-0.3, -0.25) is 4.90 Å². The molecule has 2 saturated heterocycles. The van der Waals surface area contributed by atoms with Crippen LogP contribution < -0.4 is 5.32 Å². The maximum Gasteiger partial charge on any atom is 0.0724 e. The van der Waals surface area contributed by atoms with Crippen molar-refractivity contribution in [3.05, 3.63) is 60.2 Å². The average molecular weight is 322 g/mol. The molecule has 2 aliphatic rings. The molecule has 4 rings (SSSR count). The van der Waals surface area contributed by atoms with Crippen LogP contribution in [0.2, 0.25) is 0 Å². The lowest BCUT2D eigenvalue weighted by Gasteiger charge is -2.47. The Kier molecular flexibility index (Phi) is 4.40. The van der Waals surface area contributed by atoms with Crippen LogP contribution in [0.25, 0.3) is 11.1 Å². The van der Waals surface area contributed by atoms with Gasteiger partial charge < -0.3 is 10.4 Å². The van der Waals surface area contributed by atoms with Gasteiger partial charge in [-0.25, -0.2) is 0 Å². The molecule has 2 fully saturated rings. The first-order chi connectivity index (χ1) is 11.7. The second-order valence-electron chi connectivity index (χ2n) is 7.31. The Hall–Kier alpha value is -1.68. The highest BCUT2D eigenvalue weighted by molar-refractivity contribution is 5.63. The molecule has 2 atom stereocenters. The number of nitrogens with zero attached hydrogens (tertiary/aromatic N) is 1. The summed E-state index contributed by atoms with van der Waals surface area (Å²) >= 11 is 0. The molecule has 2 unspecified atom stereocenters. The van der Waals surface area contributed by atoms with Gasteiger partial charge in [0.25, 0.3) is 0 Å². The second kappa shape index (κ2) is 6.67. The van der Waals surface area contributed by atoms with Crippen LogP contribution in [-0.4, -0.2) is 41.8 Å². The number of aliphatic hydroxyl groups is 1. The number of piperidine rings is 2. The van der Waals surface area contributed by atoms with E-state index in [9.17, 15) is 5.11 Å². The Labute approximate surface area is 144 Å². The van der Waals surface area contributed by atoms with Crippen molar-refractivity contribution in [3.8, 4) is 11.1 Å². The molecule has 0 spiro atoms. The van der Waals surface area contributed by atoms with Gasteiger partial charge in [-0.1, -0.05) is 48.5 Å². The van der Waals surface area contributed by atoms with Gasteiger partial charge in [0, 0.05) is 32.1 Å². The lowest BCUT2D eigenvalue weighted by Crippen LogP contribution is -2.58. The van der Waals surface area contributed by atoms with Gasteiger partial charge in [0.05, 0.1) is 5.60 Å². The minimum atomic E-state index is -0.437. The molecule has 2 heterocycles. The van der Waals surface area contributed by atoms with Crippen LogP contribution in [0, 0.1) is 5.92 Å². The maximum atomic E-state index is 10.8. The van der Waals surface area contributed by atoms with E-state index in [0.717, 1.165) is 45.6 Å². The number of hydrogen-bond acceptors (Lipinski definition) is 3. The number of fused-ring (bicyclic) bond motifs is 1. The van der Waals surface area contributed by atoms with E-state index < -0.39 is 5.60 Å². The Bertz CT molecular complexity index is 687. The van der Waals surface area contributed by atoms with E-state index in [1.807, 2.05) is 0 Å². The first-order valence-electron chi connectivity index (χ1n) is 9.03. The van der Waals surface area contributed by atoms with Crippen LogP contribution in [0.5, 0.6) is 0 Å². The van der Waals surface area contributed by atoms with E-state index in [4.69, 9.17) is 0 Å². The zero-order valence-electron chi connectivity index (χ0n) is 14.1. The molecule has 126 valence electrons. The quantitative estimate of drug-likeness (QED) is 0.912. The van der Waals surface area contributed by atoms with E-state index in [2.05, 4.69) is 64.8 Å². The second-order valence-corrected chi connectivity index (χ2v) is 7.31. The lowest BCUT2D eigenvalue weighted by molar-refractivity contribution is -0.0899. The maximum absolute atomic E-state index is 10.8. The largest absolute Gasteiger partial charge is 0.389 e. The molecular formula is C21H26N2O. The summed E-state index contributed by atoms with van der Waals surface area (Å²) in [5.41, 5.74) is 3.46. The van der Waals surface area contributed by atoms with Crippen molar-refractivity contribution in [2.24, 2.45) is 5.92 Å². The third-order valence-electron chi connectivity index (χ3n) is 5.67. The standard InChI is InChI=1S/C21H26N2O/c24-21-9-11-22-14-20(21)16-23(12-10-21)15-17-5-4-8-19(13-17)18-6-2-1-3-7-18/h1-8,13,20,22,24H,9-12,14-16H2. The van der Waals surface area contributed by atoms with E-state index >= 15 is 0 Å². The highest BCUT2D eigenvalue weighted by atomic mass is 16.3. The molecule has 0 bridgehead atoms. The molecule has 0 aliphatic carbocycles. The van der Waals surface area contributed by atoms with Crippen molar-refractivity contribution in [2.75, 3.05) is 26.2 Å². The molecule has 0 saturated carbocycles. The normalized spacial score (nSPS) is 27.6. The summed E-state index contributed by atoms with van der Waals surface area (Å²) < 4.78 is 0. The number of hydrogen-bond donors (Lipinski definition) is 2. The number of nitrogens with one attached hydrogen (secondary N) is 1. The highest BCUT2D eigenvalue weighted by Crippen LogP contribution is 2.33. The molecule has 2 aromatic rings. The summed E-state index contributed by atoms with van der Waals surface area (Å²) in [7, 11) is 0. The van der Waals surface area contributed by atoms with E-state index in [1.165, 1.54) is 16.7 Å². The monoisotopic (exact) mass is 322 g/mol. The Morgan fingerprint density at radius 2 is 1.88 bits per heavy atom. The van der Waals surface area contributed by atoms with Crippen molar-refractivity contribution in [1.29, 1.82) is 0 Å². The minimum absolute atomic E-state index is 0.359. The molecule has 0 aromatic heterocycles. The zero-order chi connectivity index (χ0) is 16.4. The summed E-state index contributed by atoms with van der Waals surface area (Å²) in [6, 6.07) is 19.4. The summed E-state index contributed by atoms with van der Waals surface area (Å²) in [5, 5.41) is 14.2. The number of benzene rings is 2. The van der Waals surface area contributed by atoms with E-state index in [1.54, 1.807) is 0 Å². The molecule has 24 heavy (non-hydrogen) atoms. The molecule has 2 aromatic carbocycles. The van der Waals surface area contributed by atoms with Gasteiger partial charge in [-0.15, -0.1) is 0 Å². The van der Waals surface area contributed by atoms with Gasteiger partial charge in [0.2, 0.25) is 0 Å². The van der Waals surface area contributed by atoms with Gasteiger partial charge in [0.15, 0.2) is 0 Å². The predicted molar refractivity (Wildman–Crippen MR) is 97.7 cm³/mol. The summed E-state index contributed by atoms with van der Waals surface area (Å²) in [4.78, 5) is 2.50. The molecule has 3 heteroatoms. The van der Waals surface area contributed by atoms with Gasteiger partial charge in [-0.05, 0) is 42.1 Å².